The molecule has 0 bridgehead atoms. The van der Waals surface area contributed by atoms with E-state index in [1.807, 2.05) is 25.1 Å². The minimum absolute atomic E-state index is 0.159. The van der Waals surface area contributed by atoms with Crippen molar-refractivity contribution in [3.05, 3.63) is 51.6 Å². The van der Waals surface area contributed by atoms with Gasteiger partial charge in [0, 0.05) is 16.4 Å². The van der Waals surface area contributed by atoms with Crippen molar-refractivity contribution in [1.29, 1.82) is 0 Å². The molecule has 2 N–H and O–H groups in total. The SMILES string of the molecule is Cc1ccc(NCC(=O)Nc2ccc(Cl)cn2)c(Br)c1. The van der Waals surface area contributed by atoms with Crippen LogP contribution in [-0.2, 0) is 4.79 Å². The first-order valence-corrected chi connectivity index (χ1v) is 7.13. The normalized spacial score (nSPS) is 10.2. The van der Waals surface area contributed by atoms with Crippen LogP contribution in [-0.4, -0.2) is 17.4 Å². The number of rotatable bonds is 4. The molecule has 1 aromatic heterocycles. The third-order valence-electron chi connectivity index (χ3n) is 2.56. The zero-order chi connectivity index (χ0) is 14.5. The van der Waals surface area contributed by atoms with E-state index >= 15 is 0 Å². The minimum atomic E-state index is -0.174. The standard InChI is InChI=1S/C14H13BrClN3O/c1-9-2-4-12(11(15)6-9)17-8-14(20)19-13-5-3-10(16)7-18-13/h2-7,17H,8H2,1H3,(H,18,19,20). The van der Waals surface area contributed by atoms with E-state index in [-0.39, 0.29) is 12.5 Å². The van der Waals surface area contributed by atoms with Gasteiger partial charge in [-0.25, -0.2) is 4.98 Å². The van der Waals surface area contributed by atoms with E-state index in [4.69, 9.17) is 11.6 Å². The lowest BCUT2D eigenvalue weighted by molar-refractivity contribution is -0.114. The van der Waals surface area contributed by atoms with Crippen molar-refractivity contribution in [2.24, 2.45) is 0 Å². The number of benzene rings is 1. The Morgan fingerprint density at radius 3 is 2.80 bits per heavy atom. The Morgan fingerprint density at radius 1 is 1.35 bits per heavy atom. The highest BCUT2D eigenvalue weighted by Gasteiger charge is 2.05. The van der Waals surface area contributed by atoms with Crippen molar-refractivity contribution >= 4 is 44.9 Å². The van der Waals surface area contributed by atoms with Gasteiger partial charge in [-0.05, 0) is 52.7 Å². The smallest absolute Gasteiger partial charge is 0.244 e. The second-order valence-electron chi connectivity index (χ2n) is 4.25. The summed E-state index contributed by atoms with van der Waals surface area (Å²) in [5.74, 6) is 0.302. The Hall–Kier alpha value is -1.59. The van der Waals surface area contributed by atoms with Gasteiger partial charge in [-0.15, -0.1) is 0 Å². The van der Waals surface area contributed by atoms with Crippen LogP contribution in [0.15, 0.2) is 41.0 Å². The van der Waals surface area contributed by atoms with Crippen molar-refractivity contribution in [2.45, 2.75) is 6.92 Å². The van der Waals surface area contributed by atoms with E-state index in [9.17, 15) is 4.79 Å². The number of aryl methyl sites for hydroxylation is 1. The van der Waals surface area contributed by atoms with E-state index in [1.165, 1.54) is 6.20 Å². The van der Waals surface area contributed by atoms with E-state index in [0.717, 1.165) is 15.7 Å². The number of aromatic nitrogens is 1. The highest BCUT2D eigenvalue weighted by atomic mass is 79.9. The van der Waals surface area contributed by atoms with Gasteiger partial charge in [-0.1, -0.05) is 17.7 Å². The van der Waals surface area contributed by atoms with Crippen LogP contribution < -0.4 is 10.6 Å². The van der Waals surface area contributed by atoms with Gasteiger partial charge in [-0.2, -0.15) is 0 Å². The molecule has 0 saturated heterocycles. The lowest BCUT2D eigenvalue weighted by atomic mass is 10.2. The summed E-state index contributed by atoms with van der Waals surface area (Å²) in [5.41, 5.74) is 2.02. The van der Waals surface area contributed by atoms with Gasteiger partial charge >= 0.3 is 0 Å². The second kappa shape index (κ2) is 6.72. The summed E-state index contributed by atoms with van der Waals surface area (Å²) in [6.45, 7) is 2.17. The number of amides is 1. The predicted octanol–water partition coefficient (Wildman–Crippen LogP) is 3.86. The zero-order valence-corrected chi connectivity index (χ0v) is 13.1. The molecule has 1 aromatic carbocycles. The number of anilines is 2. The molecular weight excluding hydrogens is 342 g/mol. The van der Waals surface area contributed by atoms with Crippen LogP contribution >= 0.6 is 27.5 Å². The van der Waals surface area contributed by atoms with Crippen LogP contribution in [0.5, 0.6) is 0 Å². The van der Waals surface area contributed by atoms with Gasteiger partial charge in [0.15, 0.2) is 0 Å². The number of pyridine rings is 1. The molecule has 0 aliphatic rings. The molecule has 0 radical (unpaired) electrons. The van der Waals surface area contributed by atoms with Crippen molar-refractivity contribution in [3.8, 4) is 0 Å². The van der Waals surface area contributed by atoms with Gasteiger partial charge in [0.1, 0.15) is 5.82 Å². The van der Waals surface area contributed by atoms with Gasteiger partial charge < -0.3 is 10.6 Å². The third kappa shape index (κ3) is 4.21. The first-order valence-electron chi connectivity index (χ1n) is 5.96. The van der Waals surface area contributed by atoms with Crippen molar-refractivity contribution in [3.63, 3.8) is 0 Å². The topological polar surface area (TPSA) is 54.0 Å². The minimum Gasteiger partial charge on any atom is -0.375 e. The molecule has 2 aromatic rings. The summed E-state index contributed by atoms with van der Waals surface area (Å²) < 4.78 is 0.926. The van der Waals surface area contributed by atoms with Crippen molar-refractivity contribution in [1.82, 2.24) is 4.98 Å². The fourth-order valence-electron chi connectivity index (χ4n) is 1.58. The molecule has 2 rings (SSSR count). The fraction of sp³-hybridized carbons (Fsp3) is 0.143. The summed E-state index contributed by atoms with van der Waals surface area (Å²) in [6.07, 6.45) is 1.49. The summed E-state index contributed by atoms with van der Waals surface area (Å²) in [7, 11) is 0. The summed E-state index contributed by atoms with van der Waals surface area (Å²) in [5, 5.41) is 6.27. The van der Waals surface area contributed by atoms with E-state index in [2.05, 4.69) is 31.5 Å². The monoisotopic (exact) mass is 353 g/mol. The Labute approximate surface area is 130 Å². The largest absolute Gasteiger partial charge is 0.375 e. The number of hydrogen-bond acceptors (Lipinski definition) is 3. The van der Waals surface area contributed by atoms with Gasteiger partial charge in [0.05, 0.1) is 11.6 Å². The van der Waals surface area contributed by atoms with Crippen LogP contribution in [0.25, 0.3) is 0 Å². The number of hydrogen-bond donors (Lipinski definition) is 2. The highest BCUT2D eigenvalue weighted by molar-refractivity contribution is 9.10. The molecule has 0 unspecified atom stereocenters. The second-order valence-corrected chi connectivity index (χ2v) is 5.54. The van der Waals surface area contributed by atoms with Crippen LogP contribution in [0.2, 0.25) is 5.02 Å². The van der Waals surface area contributed by atoms with Crippen LogP contribution in [0.1, 0.15) is 5.56 Å². The zero-order valence-electron chi connectivity index (χ0n) is 10.8. The van der Waals surface area contributed by atoms with Gasteiger partial charge in [0.25, 0.3) is 0 Å². The van der Waals surface area contributed by atoms with E-state index < -0.39 is 0 Å². The van der Waals surface area contributed by atoms with Crippen molar-refractivity contribution < 1.29 is 4.79 Å². The van der Waals surface area contributed by atoms with E-state index in [0.29, 0.717) is 10.8 Å². The Kier molecular flexibility index (Phi) is 4.98. The molecule has 0 saturated carbocycles. The number of nitrogens with one attached hydrogen (secondary N) is 2. The average molecular weight is 355 g/mol. The number of carbonyl (C=O) groups excluding carboxylic acids is 1. The lowest BCUT2D eigenvalue weighted by Crippen LogP contribution is -2.22. The molecule has 0 atom stereocenters. The first-order chi connectivity index (χ1) is 9.54. The Morgan fingerprint density at radius 2 is 2.15 bits per heavy atom. The maximum absolute atomic E-state index is 11.8. The number of halogens is 2. The third-order valence-corrected chi connectivity index (χ3v) is 3.44. The quantitative estimate of drug-likeness (QED) is 0.876. The Bertz CT molecular complexity index is 616. The fourth-order valence-corrected chi connectivity index (χ4v) is 2.32. The predicted molar refractivity (Wildman–Crippen MR) is 85.2 cm³/mol. The molecular formula is C14H13BrClN3O. The first kappa shape index (κ1) is 14.8. The molecule has 0 spiro atoms. The summed E-state index contributed by atoms with van der Waals surface area (Å²) >= 11 is 9.18. The molecule has 1 heterocycles. The van der Waals surface area contributed by atoms with Crippen LogP contribution in [0.3, 0.4) is 0 Å². The molecule has 0 aliphatic heterocycles. The molecule has 20 heavy (non-hydrogen) atoms. The van der Waals surface area contributed by atoms with Crippen molar-refractivity contribution in [2.75, 3.05) is 17.2 Å². The number of carbonyl (C=O) groups is 1. The maximum atomic E-state index is 11.8. The molecule has 4 nitrogen and oxygen atoms in total. The van der Waals surface area contributed by atoms with Crippen LogP contribution in [0.4, 0.5) is 11.5 Å². The summed E-state index contributed by atoms with van der Waals surface area (Å²) in [4.78, 5) is 15.8. The maximum Gasteiger partial charge on any atom is 0.244 e. The highest BCUT2D eigenvalue weighted by Crippen LogP contribution is 2.23. The van der Waals surface area contributed by atoms with Gasteiger partial charge in [0.2, 0.25) is 5.91 Å². The molecule has 0 aliphatic carbocycles. The average Bonchev–Trinajstić information content (AvgIpc) is 2.40. The molecule has 104 valence electrons. The van der Waals surface area contributed by atoms with Crippen LogP contribution in [0, 0.1) is 6.92 Å². The molecule has 0 fully saturated rings. The molecule has 6 heteroatoms. The molecule has 1 amide bonds. The van der Waals surface area contributed by atoms with Gasteiger partial charge in [-0.3, -0.25) is 4.79 Å². The lowest BCUT2D eigenvalue weighted by Gasteiger charge is -2.09. The summed E-state index contributed by atoms with van der Waals surface area (Å²) in [6, 6.07) is 9.22. The Balaban J connectivity index is 1.90. The number of nitrogens with zero attached hydrogens (tertiary/aromatic N) is 1. The van der Waals surface area contributed by atoms with E-state index in [1.54, 1.807) is 12.1 Å².